The number of hydrogen-bond donors (Lipinski definition) is 0. The molecule has 0 amide bonds. The van der Waals surface area contributed by atoms with Crippen LogP contribution >= 0.6 is 0 Å². The van der Waals surface area contributed by atoms with Crippen LogP contribution in [0.5, 0.6) is 5.75 Å². The van der Waals surface area contributed by atoms with E-state index in [9.17, 15) is 9.59 Å². The summed E-state index contributed by atoms with van der Waals surface area (Å²) in [5.74, 6) is 0.0499. The standard InChI is InChI=1S/C9H11NO4/c1-13-7-3-4-8(11)10(5-7)6-9(12)14-2/h3-5H,6H2,1-2H3. The molecule has 1 aromatic rings. The monoisotopic (exact) mass is 197 g/mol. The fourth-order valence-electron chi connectivity index (χ4n) is 0.957. The summed E-state index contributed by atoms with van der Waals surface area (Å²) >= 11 is 0. The van der Waals surface area contributed by atoms with Crippen molar-refractivity contribution in [3.05, 3.63) is 28.7 Å². The number of rotatable bonds is 3. The van der Waals surface area contributed by atoms with Crippen LogP contribution < -0.4 is 10.3 Å². The molecule has 0 spiro atoms. The summed E-state index contributed by atoms with van der Waals surface area (Å²) in [7, 11) is 2.76. The molecule has 0 aromatic carbocycles. The average molecular weight is 197 g/mol. The lowest BCUT2D eigenvalue weighted by Gasteiger charge is -2.05. The lowest BCUT2D eigenvalue weighted by molar-refractivity contribution is -0.141. The van der Waals surface area contributed by atoms with E-state index in [4.69, 9.17) is 4.74 Å². The SMILES string of the molecule is COC(=O)Cn1cc(OC)ccc1=O. The zero-order valence-electron chi connectivity index (χ0n) is 8.02. The van der Waals surface area contributed by atoms with Gasteiger partial charge in [-0.05, 0) is 6.07 Å². The molecule has 14 heavy (non-hydrogen) atoms. The Kier molecular flexibility index (Phi) is 3.28. The third-order valence-corrected chi connectivity index (χ3v) is 1.72. The Hall–Kier alpha value is -1.78. The maximum atomic E-state index is 11.2. The summed E-state index contributed by atoms with van der Waals surface area (Å²) in [6.45, 7) is -0.105. The van der Waals surface area contributed by atoms with Gasteiger partial charge in [-0.2, -0.15) is 0 Å². The minimum Gasteiger partial charge on any atom is -0.495 e. The van der Waals surface area contributed by atoms with Crippen LogP contribution in [0.4, 0.5) is 0 Å². The first-order valence-electron chi connectivity index (χ1n) is 3.98. The maximum absolute atomic E-state index is 11.2. The number of carbonyl (C=O) groups is 1. The zero-order valence-corrected chi connectivity index (χ0v) is 8.02. The molecule has 0 aliphatic heterocycles. The fraction of sp³-hybridized carbons (Fsp3) is 0.333. The van der Waals surface area contributed by atoms with Crippen LogP contribution in [0.3, 0.4) is 0 Å². The second kappa shape index (κ2) is 4.45. The first-order chi connectivity index (χ1) is 6.67. The second-order valence-corrected chi connectivity index (χ2v) is 2.61. The van der Waals surface area contributed by atoms with Crippen molar-refractivity contribution in [2.24, 2.45) is 0 Å². The molecule has 0 saturated carbocycles. The number of methoxy groups -OCH3 is 2. The second-order valence-electron chi connectivity index (χ2n) is 2.61. The molecule has 5 nitrogen and oxygen atoms in total. The molecule has 0 unspecified atom stereocenters. The van der Waals surface area contributed by atoms with Crippen molar-refractivity contribution in [1.29, 1.82) is 0 Å². The summed E-state index contributed by atoms with van der Waals surface area (Å²) < 4.78 is 10.6. The van der Waals surface area contributed by atoms with Gasteiger partial charge in [0.15, 0.2) is 0 Å². The van der Waals surface area contributed by atoms with Crippen molar-refractivity contribution in [2.75, 3.05) is 14.2 Å². The Morgan fingerprint density at radius 1 is 1.43 bits per heavy atom. The van der Waals surface area contributed by atoms with Crippen LogP contribution in [-0.2, 0) is 16.1 Å². The highest BCUT2D eigenvalue weighted by atomic mass is 16.5. The highest BCUT2D eigenvalue weighted by Crippen LogP contribution is 2.04. The molecule has 76 valence electrons. The van der Waals surface area contributed by atoms with Gasteiger partial charge < -0.3 is 14.0 Å². The van der Waals surface area contributed by atoms with Crippen molar-refractivity contribution in [3.8, 4) is 5.75 Å². The van der Waals surface area contributed by atoms with E-state index in [1.165, 1.54) is 37.1 Å². The maximum Gasteiger partial charge on any atom is 0.325 e. The Morgan fingerprint density at radius 3 is 2.71 bits per heavy atom. The van der Waals surface area contributed by atoms with Crippen LogP contribution in [0.2, 0.25) is 0 Å². The Bertz CT molecular complexity index is 383. The van der Waals surface area contributed by atoms with Crippen LogP contribution in [0, 0.1) is 0 Å². The van der Waals surface area contributed by atoms with E-state index in [-0.39, 0.29) is 12.1 Å². The van der Waals surface area contributed by atoms with Gasteiger partial charge in [0.1, 0.15) is 12.3 Å². The molecule has 1 heterocycles. The lowest BCUT2D eigenvalue weighted by Crippen LogP contribution is -2.23. The summed E-state index contributed by atoms with van der Waals surface area (Å²) in [6, 6.07) is 2.87. The highest BCUT2D eigenvalue weighted by molar-refractivity contribution is 5.68. The summed E-state index contributed by atoms with van der Waals surface area (Å²) in [5, 5.41) is 0. The van der Waals surface area contributed by atoms with Gasteiger partial charge in [-0.15, -0.1) is 0 Å². The van der Waals surface area contributed by atoms with Crippen molar-refractivity contribution < 1.29 is 14.3 Å². The number of aromatic nitrogens is 1. The Morgan fingerprint density at radius 2 is 2.14 bits per heavy atom. The van der Waals surface area contributed by atoms with Crippen LogP contribution in [0.15, 0.2) is 23.1 Å². The van der Waals surface area contributed by atoms with Gasteiger partial charge >= 0.3 is 5.97 Å². The predicted octanol–water partition coefficient (Wildman–Crippen LogP) is 0.0299. The molecule has 0 fully saturated rings. The van der Waals surface area contributed by atoms with Crippen LogP contribution in [0.25, 0.3) is 0 Å². The number of esters is 1. The first kappa shape index (κ1) is 10.3. The quantitative estimate of drug-likeness (QED) is 0.641. The zero-order chi connectivity index (χ0) is 10.6. The fourth-order valence-corrected chi connectivity index (χ4v) is 0.957. The molecule has 0 aliphatic rings. The van der Waals surface area contributed by atoms with E-state index in [1.54, 1.807) is 0 Å². The van der Waals surface area contributed by atoms with E-state index in [0.29, 0.717) is 5.75 Å². The van der Waals surface area contributed by atoms with Crippen molar-refractivity contribution in [1.82, 2.24) is 4.57 Å². The summed E-state index contributed by atoms with van der Waals surface area (Å²) in [6.07, 6.45) is 1.46. The number of nitrogens with zero attached hydrogens (tertiary/aromatic N) is 1. The van der Waals surface area contributed by atoms with Gasteiger partial charge in [0, 0.05) is 12.3 Å². The summed E-state index contributed by atoms with van der Waals surface area (Å²) in [4.78, 5) is 22.1. The summed E-state index contributed by atoms with van der Waals surface area (Å²) in [5.41, 5.74) is -0.267. The van der Waals surface area contributed by atoms with Gasteiger partial charge in [-0.25, -0.2) is 0 Å². The van der Waals surface area contributed by atoms with Gasteiger partial charge in [0.2, 0.25) is 0 Å². The molecule has 1 rings (SSSR count). The van der Waals surface area contributed by atoms with Crippen LogP contribution in [-0.4, -0.2) is 24.8 Å². The number of carbonyl (C=O) groups excluding carboxylic acids is 1. The number of pyridine rings is 1. The minimum atomic E-state index is -0.472. The molecule has 0 atom stereocenters. The van der Waals surface area contributed by atoms with E-state index in [1.807, 2.05) is 0 Å². The van der Waals surface area contributed by atoms with Gasteiger partial charge in [-0.1, -0.05) is 0 Å². The Balaban J connectivity index is 2.95. The van der Waals surface area contributed by atoms with Crippen molar-refractivity contribution >= 4 is 5.97 Å². The third kappa shape index (κ3) is 2.35. The lowest BCUT2D eigenvalue weighted by atomic mass is 10.4. The average Bonchev–Trinajstić information content (AvgIpc) is 2.21. The van der Waals surface area contributed by atoms with Crippen molar-refractivity contribution in [2.45, 2.75) is 6.54 Å². The van der Waals surface area contributed by atoms with E-state index in [0.717, 1.165) is 0 Å². The molecular weight excluding hydrogens is 186 g/mol. The highest BCUT2D eigenvalue weighted by Gasteiger charge is 2.04. The molecule has 0 saturated heterocycles. The molecule has 0 aliphatic carbocycles. The predicted molar refractivity (Wildman–Crippen MR) is 49.3 cm³/mol. The van der Waals surface area contributed by atoms with E-state index < -0.39 is 5.97 Å². The molecule has 0 bridgehead atoms. The topological polar surface area (TPSA) is 57.5 Å². The third-order valence-electron chi connectivity index (χ3n) is 1.72. The normalized spacial score (nSPS) is 9.57. The Labute approximate surface area is 80.9 Å². The van der Waals surface area contributed by atoms with Crippen LogP contribution in [0.1, 0.15) is 0 Å². The molecule has 1 aromatic heterocycles. The number of hydrogen-bond acceptors (Lipinski definition) is 4. The molecule has 0 N–H and O–H groups in total. The van der Waals surface area contributed by atoms with Crippen molar-refractivity contribution in [3.63, 3.8) is 0 Å². The largest absolute Gasteiger partial charge is 0.495 e. The van der Waals surface area contributed by atoms with Gasteiger partial charge in [-0.3, -0.25) is 9.59 Å². The van der Waals surface area contributed by atoms with E-state index in [2.05, 4.69) is 4.74 Å². The first-order valence-corrected chi connectivity index (χ1v) is 3.98. The van der Waals surface area contributed by atoms with E-state index >= 15 is 0 Å². The minimum absolute atomic E-state index is 0.105. The van der Waals surface area contributed by atoms with Gasteiger partial charge in [0.05, 0.1) is 14.2 Å². The molecule has 5 heteroatoms. The smallest absolute Gasteiger partial charge is 0.325 e. The molecule has 0 radical (unpaired) electrons. The number of ether oxygens (including phenoxy) is 2. The van der Waals surface area contributed by atoms with Gasteiger partial charge in [0.25, 0.3) is 5.56 Å². The molecular formula is C9H11NO4.